The van der Waals surface area contributed by atoms with E-state index in [0.29, 0.717) is 6.42 Å². The van der Waals surface area contributed by atoms with E-state index >= 15 is 0 Å². The molecule has 0 saturated carbocycles. The molecule has 0 amide bonds. The van der Waals surface area contributed by atoms with Crippen molar-refractivity contribution < 1.29 is 103 Å². The van der Waals surface area contributed by atoms with Crippen LogP contribution >= 0.6 is 0 Å². The predicted molar refractivity (Wildman–Crippen MR) is 61.6 cm³/mol. The third-order valence-corrected chi connectivity index (χ3v) is 2.95. The fourth-order valence-corrected chi connectivity index (χ4v) is 1.22. The largest absolute Gasteiger partial charge is 0.392 e. The molecule has 0 aromatic rings. The Morgan fingerprint density at radius 2 is 1.72 bits per heavy atom. The first kappa shape index (κ1) is 25.0. The number of aliphatic hydroxyl groups is 3. The fourth-order valence-electron chi connectivity index (χ4n) is 1.22. The molecule has 100 valence electrons. The molecule has 0 unspecified atom stereocenters. The number of ketones is 1. The summed E-state index contributed by atoms with van der Waals surface area (Å²) >= 11 is 0. The van der Waals surface area contributed by atoms with E-state index in [0.717, 1.165) is 0 Å². The molecule has 0 rings (SSSR count). The first-order chi connectivity index (χ1) is 7.23. The van der Waals surface area contributed by atoms with Crippen molar-refractivity contribution in [2.24, 2.45) is 11.3 Å². The van der Waals surface area contributed by atoms with Crippen LogP contribution in [0.3, 0.4) is 0 Å². The molecule has 0 fully saturated rings. The summed E-state index contributed by atoms with van der Waals surface area (Å²) in [7, 11) is 0. The maximum absolute atomic E-state index is 11.7. The normalized spacial score (nSPS) is 14.2. The zero-order valence-corrected chi connectivity index (χ0v) is 18.7. The van der Waals surface area contributed by atoms with Crippen LogP contribution in [0.15, 0.2) is 12.7 Å². The molecular weight excluding hydrogens is 490 g/mol. The average molecular weight is 512 g/mol. The van der Waals surface area contributed by atoms with Crippen LogP contribution < -0.4 is 0 Å². The first-order valence-electron chi connectivity index (χ1n) is 5.41. The van der Waals surface area contributed by atoms with E-state index in [9.17, 15) is 9.90 Å². The summed E-state index contributed by atoms with van der Waals surface area (Å²) in [5, 5.41) is 27.8. The van der Waals surface area contributed by atoms with Crippen LogP contribution in [0.4, 0.5) is 0 Å². The fraction of sp³-hybridized carbons (Fsp3) is 0.750. The summed E-state index contributed by atoms with van der Waals surface area (Å²) in [6.07, 6.45) is -0.244. The summed E-state index contributed by atoms with van der Waals surface area (Å²) < 4.78 is 0. The molecule has 18 heavy (non-hydrogen) atoms. The zero-order chi connectivity index (χ0) is 12.9. The Hall–Kier alpha value is 2.02. The minimum absolute atomic E-state index is 0. The van der Waals surface area contributed by atoms with E-state index < -0.39 is 17.8 Å². The van der Waals surface area contributed by atoms with Crippen molar-refractivity contribution in [1.82, 2.24) is 0 Å². The first-order valence-corrected chi connectivity index (χ1v) is 5.41. The van der Waals surface area contributed by atoms with Crippen molar-refractivity contribution in [2.45, 2.75) is 46.0 Å². The Bertz CT molecular complexity index is 254. The Labute approximate surface area is 176 Å². The van der Waals surface area contributed by atoms with Gasteiger partial charge in [0, 0.05) is 89.0 Å². The van der Waals surface area contributed by atoms with Crippen LogP contribution in [0.25, 0.3) is 0 Å². The van der Waals surface area contributed by atoms with Crippen LogP contribution in [0.2, 0.25) is 0 Å². The molecule has 0 aromatic carbocycles. The van der Waals surface area contributed by atoms with Gasteiger partial charge in [-0.05, 0) is 26.2 Å². The SMILES string of the molecule is C=CC[C@H](C)[C@H](O)CC(=O)C(C)(C)C(O)O.[Pr].[Pr]. The van der Waals surface area contributed by atoms with Gasteiger partial charge in [-0.15, -0.1) is 6.58 Å². The number of carbonyl (C=O) groups excluding carboxylic acids is 1. The number of rotatable bonds is 7. The molecule has 2 atom stereocenters. The maximum Gasteiger partial charge on any atom is 0.163 e. The Kier molecular flexibility index (Phi) is 16.2. The van der Waals surface area contributed by atoms with Crippen molar-refractivity contribution in [1.29, 1.82) is 0 Å². The van der Waals surface area contributed by atoms with Crippen molar-refractivity contribution in [3.63, 3.8) is 0 Å². The molecule has 6 heteroatoms. The Morgan fingerprint density at radius 3 is 2.06 bits per heavy atom. The van der Waals surface area contributed by atoms with E-state index in [1.54, 1.807) is 6.08 Å². The standard InChI is InChI=1S/C12H22O4.2Pr/c1-5-6-8(2)9(13)7-10(14)12(3,4)11(15)16;;/h5,8-9,11,13,15-16H,1,6-7H2,2-4H3;;/t8-,9+;;/m0../s1. The second-order valence-corrected chi connectivity index (χ2v) is 4.79. The van der Waals surface area contributed by atoms with Gasteiger partial charge in [-0.1, -0.05) is 13.0 Å². The minimum Gasteiger partial charge on any atom is -0.392 e. The summed E-state index contributed by atoms with van der Waals surface area (Å²) in [5.74, 6) is -0.418. The van der Waals surface area contributed by atoms with E-state index in [4.69, 9.17) is 10.2 Å². The van der Waals surface area contributed by atoms with Gasteiger partial charge in [0.05, 0.1) is 11.5 Å². The Balaban J connectivity index is -0.00000112. The summed E-state index contributed by atoms with van der Waals surface area (Å²) in [6, 6.07) is 0. The van der Waals surface area contributed by atoms with E-state index in [2.05, 4.69) is 6.58 Å². The van der Waals surface area contributed by atoms with E-state index in [1.807, 2.05) is 6.92 Å². The van der Waals surface area contributed by atoms with Crippen LogP contribution in [0.1, 0.15) is 33.6 Å². The molecule has 0 saturated heterocycles. The van der Waals surface area contributed by atoms with E-state index in [1.165, 1.54) is 13.8 Å². The molecule has 0 aliphatic carbocycles. The summed E-state index contributed by atoms with van der Waals surface area (Å²) in [5.41, 5.74) is -1.24. The maximum atomic E-state index is 11.7. The van der Waals surface area contributed by atoms with Gasteiger partial charge >= 0.3 is 0 Å². The van der Waals surface area contributed by atoms with Crippen LogP contribution in [-0.2, 0) is 4.79 Å². The molecule has 0 aromatic heterocycles. The molecule has 4 nitrogen and oxygen atoms in total. The topological polar surface area (TPSA) is 77.8 Å². The number of allylic oxidation sites excluding steroid dienone is 1. The van der Waals surface area contributed by atoms with E-state index in [-0.39, 0.29) is 101 Å². The van der Waals surface area contributed by atoms with Gasteiger partial charge in [-0.2, -0.15) is 0 Å². The van der Waals surface area contributed by atoms with Crippen molar-refractivity contribution in [3.05, 3.63) is 12.7 Å². The predicted octanol–water partition coefficient (Wildman–Crippen LogP) is 0.856. The molecule has 0 aliphatic rings. The average Bonchev–Trinajstić information content (AvgIpc) is 2.17. The smallest absolute Gasteiger partial charge is 0.163 e. The van der Waals surface area contributed by atoms with Gasteiger partial charge in [-0.3, -0.25) is 4.79 Å². The third-order valence-electron chi connectivity index (χ3n) is 2.95. The van der Waals surface area contributed by atoms with Gasteiger partial charge in [0.1, 0.15) is 5.78 Å². The van der Waals surface area contributed by atoms with Gasteiger partial charge in [0.2, 0.25) is 0 Å². The van der Waals surface area contributed by atoms with Gasteiger partial charge in [-0.25, -0.2) is 0 Å². The van der Waals surface area contributed by atoms with Crippen molar-refractivity contribution in [2.75, 3.05) is 0 Å². The van der Waals surface area contributed by atoms with Gasteiger partial charge in [0.25, 0.3) is 0 Å². The third kappa shape index (κ3) is 8.34. The van der Waals surface area contributed by atoms with Crippen molar-refractivity contribution >= 4 is 5.78 Å². The monoisotopic (exact) mass is 512 g/mol. The minimum atomic E-state index is -1.71. The molecule has 0 bridgehead atoms. The van der Waals surface area contributed by atoms with Crippen molar-refractivity contribution in [3.8, 4) is 0 Å². The number of hydrogen-bond donors (Lipinski definition) is 3. The quantitative estimate of drug-likeness (QED) is 0.350. The molecule has 3 N–H and O–H groups in total. The molecule has 0 aliphatic heterocycles. The summed E-state index contributed by atoms with van der Waals surface area (Å²) in [6.45, 7) is 8.28. The molecule has 2 radical (unpaired) electrons. The van der Waals surface area contributed by atoms with Crippen LogP contribution in [0, 0.1) is 93.9 Å². The van der Waals surface area contributed by atoms with Gasteiger partial charge < -0.3 is 15.3 Å². The molecule has 0 spiro atoms. The van der Waals surface area contributed by atoms with Gasteiger partial charge in [0.15, 0.2) is 6.29 Å². The second kappa shape index (κ2) is 11.7. The zero-order valence-electron chi connectivity index (χ0n) is 11.3. The Morgan fingerprint density at radius 1 is 1.28 bits per heavy atom. The second-order valence-electron chi connectivity index (χ2n) is 4.79. The summed E-state index contributed by atoms with van der Waals surface area (Å²) in [4.78, 5) is 11.7. The molecule has 0 heterocycles. The number of carbonyl (C=O) groups is 1. The number of hydrogen-bond acceptors (Lipinski definition) is 4. The molecular formula is C12H22O4Pr2. The van der Waals surface area contributed by atoms with Crippen LogP contribution in [0.5, 0.6) is 0 Å². The number of Topliss-reactive ketones (excluding diaryl/α,β-unsaturated/α-hetero) is 1. The number of aliphatic hydroxyl groups excluding tert-OH is 2. The van der Waals surface area contributed by atoms with Crippen LogP contribution in [-0.4, -0.2) is 33.5 Å².